The fourth-order valence-electron chi connectivity index (χ4n) is 3.78. The van der Waals surface area contributed by atoms with Crippen LogP contribution in [0.3, 0.4) is 0 Å². The summed E-state index contributed by atoms with van der Waals surface area (Å²) < 4.78 is 0. The summed E-state index contributed by atoms with van der Waals surface area (Å²) >= 11 is 0. The predicted octanol–water partition coefficient (Wildman–Crippen LogP) is 3.04. The number of hydrogen-bond donors (Lipinski definition) is 1. The molecule has 2 nitrogen and oxygen atoms in total. The number of hydrogen-bond acceptors (Lipinski definition) is 2. The molecular formula is C15H18O2. The van der Waals surface area contributed by atoms with Crippen molar-refractivity contribution in [1.82, 2.24) is 0 Å². The van der Waals surface area contributed by atoms with Gasteiger partial charge < -0.3 is 9.90 Å². The van der Waals surface area contributed by atoms with E-state index < -0.39 is 0 Å². The quantitative estimate of drug-likeness (QED) is 0.810. The zero-order valence-corrected chi connectivity index (χ0v) is 9.93. The second-order valence-electron chi connectivity index (χ2n) is 5.49. The first-order valence-corrected chi connectivity index (χ1v) is 6.53. The summed E-state index contributed by atoms with van der Waals surface area (Å²) in [4.78, 5) is 11.1. The zero-order chi connectivity index (χ0) is 11.9. The van der Waals surface area contributed by atoms with Crippen LogP contribution in [0, 0.1) is 11.8 Å². The van der Waals surface area contributed by atoms with Crippen molar-refractivity contribution in [1.29, 1.82) is 0 Å². The van der Waals surface area contributed by atoms with Gasteiger partial charge in [-0.1, -0.05) is 31.0 Å². The van der Waals surface area contributed by atoms with Crippen LogP contribution in [0.5, 0.6) is 5.75 Å². The molecule has 2 saturated carbocycles. The lowest BCUT2D eigenvalue weighted by molar-refractivity contribution is -0.109. The standard InChI is InChI=1S/C15H18O2/c16-10-12-9-15(12,11-5-1-2-6-11)13-7-3-4-8-14(13)17/h3-4,7-8,10-12,17H,1-2,5-6,9H2. The predicted molar refractivity (Wildman–Crippen MR) is 65.9 cm³/mol. The largest absolute Gasteiger partial charge is 0.508 e. The minimum absolute atomic E-state index is 0.0381. The normalized spacial score (nSPS) is 32.6. The van der Waals surface area contributed by atoms with E-state index in [1.165, 1.54) is 25.7 Å². The van der Waals surface area contributed by atoms with Gasteiger partial charge in [-0.25, -0.2) is 0 Å². The monoisotopic (exact) mass is 230 g/mol. The topological polar surface area (TPSA) is 37.3 Å². The Balaban J connectivity index is 2.01. The number of phenols is 1. The van der Waals surface area contributed by atoms with Gasteiger partial charge in [0.05, 0.1) is 0 Å². The molecule has 0 saturated heterocycles. The third-order valence-electron chi connectivity index (χ3n) is 4.71. The van der Waals surface area contributed by atoms with Gasteiger partial charge in [0.25, 0.3) is 0 Å². The van der Waals surface area contributed by atoms with E-state index in [-0.39, 0.29) is 11.3 Å². The third kappa shape index (κ3) is 1.50. The van der Waals surface area contributed by atoms with E-state index in [1.54, 1.807) is 6.07 Å². The average Bonchev–Trinajstić information content (AvgIpc) is 2.83. The van der Waals surface area contributed by atoms with Crippen molar-refractivity contribution in [2.75, 3.05) is 0 Å². The van der Waals surface area contributed by atoms with Crippen molar-refractivity contribution in [2.45, 2.75) is 37.5 Å². The van der Waals surface area contributed by atoms with E-state index in [0.717, 1.165) is 18.3 Å². The molecule has 1 aromatic carbocycles. The van der Waals surface area contributed by atoms with Crippen LogP contribution in [0.25, 0.3) is 0 Å². The van der Waals surface area contributed by atoms with Gasteiger partial charge in [0.1, 0.15) is 12.0 Å². The van der Waals surface area contributed by atoms with Crippen molar-refractivity contribution in [3.05, 3.63) is 29.8 Å². The molecule has 0 spiro atoms. The molecule has 1 aromatic rings. The summed E-state index contributed by atoms with van der Waals surface area (Å²) in [5.41, 5.74) is 0.966. The second kappa shape index (κ2) is 3.86. The lowest BCUT2D eigenvalue weighted by atomic mass is 9.79. The van der Waals surface area contributed by atoms with Gasteiger partial charge in [0.15, 0.2) is 0 Å². The summed E-state index contributed by atoms with van der Waals surface area (Å²) in [6.45, 7) is 0. The number of carbonyl (C=O) groups is 1. The van der Waals surface area contributed by atoms with E-state index in [0.29, 0.717) is 11.7 Å². The van der Waals surface area contributed by atoms with Crippen LogP contribution in [0.2, 0.25) is 0 Å². The molecule has 0 bridgehead atoms. The molecular weight excluding hydrogens is 212 g/mol. The van der Waals surface area contributed by atoms with Crippen LogP contribution in [0.1, 0.15) is 37.7 Å². The van der Waals surface area contributed by atoms with E-state index in [9.17, 15) is 9.90 Å². The van der Waals surface area contributed by atoms with Crippen molar-refractivity contribution < 1.29 is 9.90 Å². The molecule has 0 heterocycles. The molecule has 2 aliphatic carbocycles. The summed E-state index contributed by atoms with van der Waals surface area (Å²) in [5, 5.41) is 10.0. The molecule has 3 rings (SSSR count). The molecule has 2 aliphatic rings. The fraction of sp³-hybridized carbons (Fsp3) is 0.533. The van der Waals surface area contributed by atoms with E-state index >= 15 is 0 Å². The molecule has 0 aromatic heterocycles. The second-order valence-corrected chi connectivity index (χ2v) is 5.49. The van der Waals surface area contributed by atoms with Gasteiger partial charge in [-0.2, -0.15) is 0 Å². The first kappa shape index (κ1) is 10.8. The Bertz CT molecular complexity index is 434. The van der Waals surface area contributed by atoms with Crippen LogP contribution < -0.4 is 0 Å². The van der Waals surface area contributed by atoms with E-state index in [2.05, 4.69) is 0 Å². The number of para-hydroxylation sites is 1. The Hall–Kier alpha value is -1.31. The summed E-state index contributed by atoms with van der Waals surface area (Å²) in [6.07, 6.45) is 6.97. The molecule has 90 valence electrons. The molecule has 2 unspecified atom stereocenters. The number of carbonyl (C=O) groups excluding carboxylic acids is 1. The minimum Gasteiger partial charge on any atom is -0.508 e. The van der Waals surface area contributed by atoms with Crippen LogP contribution >= 0.6 is 0 Å². The highest BCUT2D eigenvalue weighted by Gasteiger charge is 2.60. The zero-order valence-electron chi connectivity index (χ0n) is 9.93. The number of phenolic OH excluding ortho intramolecular Hbond substituents is 1. The molecule has 17 heavy (non-hydrogen) atoms. The first-order valence-electron chi connectivity index (χ1n) is 6.53. The van der Waals surface area contributed by atoms with Crippen LogP contribution in [-0.2, 0) is 10.2 Å². The Morgan fingerprint density at radius 2 is 1.94 bits per heavy atom. The highest BCUT2D eigenvalue weighted by atomic mass is 16.3. The molecule has 0 radical (unpaired) electrons. The molecule has 2 heteroatoms. The number of benzene rings is 1. The Morgan fingerprint density at radius 3 is 2.53 bits per heavy atom. The highest BCUT2D eigenvalue weighted by Crippen LogP contribution is 2.63. The first-order chi connectivity index (χ1) is 8.29. The van der Waals surface area contributed by atoms with Crippen LogP contribution in [0.15, 0.2) is 24.3 Å². The van der Waals surface area contributed by atoms with Gasteiger partial charge in [0, 0.05) is 16.9 Å². The lowest BCUT2D eigenvalue weighted by Crippen LogP contribution is -2.21. The smallest absolute Gasteiger partial charge is 0.124 e. The Kier molecular flexibility index (Phi) is 2.46. The SMILES string of the molecule is O=CC1CC1(c1ccccc1O)C1CCCC1. The van der Waals surface area contributed by atoms with Crippen LogP contribution in [-0.4, -0.2) is 11.4 Å². The maximum atomic E-state index is 11.1. The van der Waals surface area contributed by atoms with E-state index in [1.807, 2.05) is 18.2 Å². The fourth-order valence-corrected chi connectivity index (χ4v) is 3.78. The van der Waals surface area contributed by atoms with Crippen molar-refractivity contribution in [3.63, 3.8) is 0 Å². The minimum atomic E-state index is -0.0381. The van der Waals surface area contributed by atoms with Gasteiger partial charge in [-0.3, -0.25) is 0 Å². The highest BCUT2D eigenvalue weighted by molar-refractivity contribution is 5.66. The molecule has 0 aliphatic heterocycles. The Morgan fingerprint density at radius 1 is 1.24 bits per heavy atom. The maximum absolute atomic E-state index is 11.1. The lowest BCUT2D eigenvalue weighted by Gasteiger charge is -2.25. The van der Waals surface area contributed by atoms with Crippen molar-refractivity contribution in [3.8, 4) is 5.75 Å². The van der Waals surface area contributed by atoms with Gasteiger partial charge in [-0.15, -0.1) is 0 Å². The van der Waals surface area contributed by atoms with Gasteiger partial charge >= 0.3 is 0 Å². The van der Waals surface area contributed by atoms with Crippen molar-refractivity contribution in [2.24, 2.45) is 11.8 Å². The number of aldehydes is 1. The molecule has 2 atom stereocenters. The summed E-state index contributed by atoms with van der Waals surface area (Å²) in [7, 11) is 0. The average molecular weight is 230 g/mol. The third-order valence-corrected chi connectivity index (χ3v) is 4.71. The van der Waals surface area contributed by atoms with Crippen LogP contribution in [0.4, 0.5) is 0 Å². The van der Waals surface area contributed by atoms with Crippen molar-refractivity contribution >= 4 is 6.29 Å². The van der Waals surface area contributed by atoms with E-state index in [4.69, 9.17) is 0 Å². The van der Waals surface area contributed by atoms with Gasteiger partial charge in [0.2, 0.25) is 0 Å². The van der Waals surface area contributed by atoms with Gasteiger partial charge in [-0.05, 0) is 31.2 Å². The molecule has 0 amide bonds. The maximum Gasteiger partial charge on any atom is 0.124 e. The summed E-state index contributed by atoms with van der Waals surface area (Å²) in [6, 6.07) is 7.55. The molecule has 1 N–H and O–H groups in total. The summed E-state index contributed by atoms with van der Waals surface area (Å²) in [5.74, 6) is 1.08. The Labute approximate surface area is 102 Å². The number of rotatable bonds is 3. The molecule has 2 fully saturated rings. The number of aromatic hydroxyl groups is 1.